The smallest absolute Gasteiger partial charge is 0.0459 e. The molecule has 2 nitrogen and oxygen atoms in total. The van der Waals surface area contributed by atoms with Gasteiger partial charge in [-0.1, -0.05) is 24.3 Å². The Bertz CT molecular complexity index is 442. The van der Waals surface area contributed by atoms with Crippen molar-refractivity contribution >= 4 is 0 Å². The first kappa shape index (κ1) is 10.1. The first-order valence-corrected chi connectivity index (χ1v) is 6.92. The monoisotopic (exact) mass is 228 g/mol. The minimum atomic E-state index is 0.241. The van der Waals surface area contributed by atoms with E-state index in [-0.39, 0.29) is 6.04 Å². The highest BCUT2D eigenvalue weighted by Crippen LogP contribution is 2.43. The summed E-state index contributed by atoms with van der Waals surface area (Å²) >= 11 is 0. The zero-order valence-corrected chi connectivity index (χ0v) is 10.2. The summed E-state index contributed by atoms with van der Waals surface area (Å²) < 4.78 is 0. The fourth-order valence-electron chi connectivity index (χ4n) is 4.30. The van der Waals surface area contributed by atoms with Crippen LogP contribution in [0.3, 0.4) is 0 Å². The molecule has 2 fully saturated rings. The minimum absolute atomic E-state index is 0.241. The summed E-state index contributed by atoms with van der Waals surface area (Å²) in [5.41, 5.74) is 9.33. The molecule has 1 aromatic carbocycles. The maximum absolute atomic E-state index is 6.46. The van der Waals surface area contributed by atoms with Crippen LogP contribution in [0.1, 0.15) is 36.4 Å². The molecule has 1 saturated heterocycles. The van der Waals surface area contributed by atoms with Gasteiger partial charge in [-0.15, -0.1) is 0 Å². The van der Waals surface area contributed by atoms with E-state index in [0.717, 1.165) is 12.0 Å². The van der Waals surface area contributed by atoms with E-state index in [1.807, 2.05) is 0 Å². The summed E-state index contributed by atoms with van der Waals surface area (Å²) in [5.74, 6) is 0.968. The Morgan fingerprint density at radius 2 is 2.06 bits per heavy atom. The van der Waals surface area contributed by atoms with Crippen LogP contribution >= 0.6 is 0 Å². The SMILES string of the molecule is NC1c2ccccc2CC1N1CC2CCC1C2. The molecule has 4 unspecified atom stereocenters. The third-order valence-corrected chi connectivity index (χ3v) is 5.14. The predicted octanol–water partition coefficient (Wildman–Crippen LogP) is 2.10. The molecule has 3 aliphatic rings. The Morgan fingerprint density at radius 1 is 1.18 bits per heavy atom. The van der Waals surface area contributed by atoms with Gasteiger partial charge in [0.25, 0.3) is 0 Å². The van der Waals surface area contributed by atoms with E-state index in [2.05, 4.69) is 29.2 Å². The number of piperidine rings is 1. The summed E-state index contributed by atoms with van der Waals surface area (Å²) in [6, 6.07) is 10.4. The third kappa shape index (κ3) is 1.40. The minimum Gasteiger partial charge on any atom is -0.323 e. The molecule has 2 bridgehead atoms. The molecule has 0 radical (unpaired) electrons. The lowest BCUT2D eigenvalue weighted by Gasteiger charge is -2.35. The van der Waals surface area contributed by atoms with E-state index in [9.17, 15) is 0 Å². The van der Waals surface area contributed by atoms with Crippen molar-refractivity contribution in [1.29, 1.82) is 0 Å². The molecule has 1 aromatic rings. The molecular formula is C15H20N2. The molecule has 17 heavy (non-hydrogen) atoms. The van der Waals surface area contributed by atoms with E-state index in [1.54, 1.807) is 0 Å². The molecule has 0 aromatic heterocycles. The van der Waals surface area contributed by atoms with E-state index in [1.165, 1.54) is 43.4 Å². The zero-order valence-electron chi connectivity index (χ0n) is 10.2. The van der Waals surface area contributed by atoms with Crippen LogP contribution in [0.25, 0.3) is 0 Å². The second-order valence-electron chi connectivity index (χ2n) is 6.03. The number of likely N-dealkylation sites (tertiary alicyclic amines) is 1. The molecule has 1 aliphatic heterocycles. The number of nitrogens with two attached hydrogens (primary N) is 1. The van der Waals surface area contributed by atoms with Crippen molar-refractivity contribution in [2.45, 2.75) is 43.8 Å². The Kier molecular flexibility index (Phi) is 2.12. The van der Waals surface area contributed by atoms with Crippen molar-refractivity contribution in [3.05, 3.63) is 35.4 Å². The fourth-order valence-corrected chi connectivity index (χ4v) is 4.30. The first-order chi connectivity index (χ1) is 8.33. The van der Waals surface area contributed by atoms with Gasteiger partial charge in [-0.2, -0.15) is 0 Å². The second kappa shape index (κ2) is 3.56. The fraction of sp³-hybridized carbons (Fsp3) is 0.600. The van der Waals surface area contributed by atoms with E-state index in [4.69, 9.17) is 5.73 Å². The Morgan fingerprint density at radius 3 is 2.76 bits per heavy atom. The van der Waals surface area contributed by atoms with Gasteiger partial charge in [0.15, 0.2) is 0 Å². The quantitative estimate of drug-likeness (QED) is 0.797. The molecule has 1 saturated carbocycles. The van der Waals surface area contributed by atoms with Gasteiger partial charge in [0.05, 0.1) is 0 Å². The van der Waals surface area contributed by atoms with Crippen molar-refractivity contribution in [3.8, 4) is 0 Å². The van der Waals surface area contributed by atoms with Crippen molar-refractivity contribution in [1.82, 2.24) is 4.90 Å². The van der Waals surface area contributed by atoms with Crippen molar-refractivity contribution < 1.29 is 0 Å². The number of benzene rings is 1. The van der Waals surface area contributed by atoms with Gasteiger partial charge >= 0.3 is 0 Å². The van der Waals surface area contributed by atoms with Crippen LogP contribution in [0.15, 0.2) is 24.3 Å². The van der Waals surface area contributed by atoms with Gasteiger partial charge in [0.1, 0.15) is 0 Å². The van der Waals surface area contributed by atoms with Crippen LogP contribution in [0.4, 0.5) is 0 Å². The highest BCUT2D eigenvalue weighted by atomic mass is 15.2. The summed E-state index contributed by atoms with van der Waals surface area (Å²) in [5, 5.41) is 0. The predicted molar refractivity (Wildman–Crippen MR) is 68.7 cm³/mol. The molecule has 0 amide bonds. The van der Waals surface area contributed by atoms with Crippen molar-refractivity contribution in [3.63, 3.8) is 0 Å². The van der Waals surface area contributed by atoms with E-state index >= 15 is 0 Å². The molecule has 2 N–H and O–H groups in total. The van der Waals surface area contributed by atoms with Crippen LogP contribution in [0.2, 0.25) is 0 Å². The van der Waals surface area contributed by atoms with Gasteiger partial charge in [-0.3, -0.25) is 4.90 Å². The average Bonchev–Trinajstić information content (AvgIpc) is 3.03. The molecular weight excluding hydrogens is 208 g/mol. The van der Waals surface area contributed by atoms with E-state index < -0.39 is 0 Å². The third-order valence-electron chi connectivity index (χ3n) is 5.14. The van der Waals surface area contributed by atoms with Crippen LogP contribution in [0, 0.1) is 5.92 Å². The molecule has 2 heteroatoms. The van der Waals surface area contributed by atoms with Gasteiger partial charge in [0.2, 0.25) is 0 Å². The normalized spacial score (nSPS) is 39.8. The lowest BCUT2D eigenvalue weighted by molar-refractivity contribution is 0.136. The van der Waals surface area contributed by atoms with Crippen LogP contribution in [-0.4, -0.2) is 23.5 Å². The first-order valence-electron chi connectivity index (χ1n) is 6.92. The molecule has 90 valence electrons. The van der Waals surface area contributed by atoms with Gasteiger partial charge in [-0.05, 0) is 42.7 Å². The maximum atomic E-state index is 6.46. The maximum Gasteiger partial charge on any atom is 0.0459 e. The van der Waals surface area contributed by atoms with Crippen LogP contribution < -0.4 is 5.73 Å². The largest absolute Gasteiger partial charge is 0.323 e. The average molecular weight is 228 g/mol. The van der Waals surface area contributed by atoms with Gasteiger partial charge in [-0.25, -0.2) is 0 Å². The highest BCUT2D eigenvalue weighted by molar-refractivity contribution is 5.37. The lowest BCUT2D eigenvalue weighted by Crippen LogP contribution is -2.45. The van der Waals surface area contributed by atoms with Crippen LogP contribution in [-0.2, 0) is 6.42 Å². The van der Waals surface area contributed by atoms with Crippen molar-refractivity contribution in [2.24, 2.45) is 11.7 Å². The lowest BCUT2D eigenvalue weighted by atomic mass is 10.0. The van der Waals surface area contributed by atoms with Gasteiger partial charge < -0.3 is 5.73 Å². The van der Waals surface area contributed by atoms with Gasteiger partial charge in [0, 0.05) is 24.7 Å². The Balaban J connectivity index is 1.62. The summed E-state index contributed by atoms with van der Waals surface area (Å²) in [7, 11) is 0. The number of fused-ring (bicyclic) bond motifs is 3. The molecule has 4 rings (SSSR count). The van der Waals surface area contributed by atoms with E-state index in [0.29, 0.717) is 6.04 Å². The highest BCUT2D eigenvalue weighted by Gasteiger charge is 2.44. The number of nitrogens with zero attached hydrogens (tertiary/aromatic N) is 1. The molecule has 4 atom stereocenters. The number of rotatable bonds is 1. The zero-order chi connectivity index (χ0) is 11.4. The summed E-state index contributed by atoms with van der Waals surface area (Å²) in [4.78, 5) is 2.72. The van der Waals surface area contributed by atoms with Crippen molar-refractivity contribution in [2.75, 3.05) is 6.54 Å². The molecule has 1 heterocycles. The topological polar surface area (TPSA) is 29.3 Å². The standard InChI is InChI=1S/C15H20N2/c16-15-13-4-2-1-3-11(13)8-14(15)17-9-10-5-6-12(17)7-10/h1-4,10,12,14-15H,5-9,16H2. The molecule has 0 spiro atoms. The summed E-state index contributed by atoms with van der Waals surface area (Å²) in [6.07, 6.45) is 5.46. The van der Waals surface area contributed by atoms with Crippen LogP contribution in [0.5, 0.6) is 0 Å². The Hall–Kier alpha value is -0.860. The number of hydrogen-bond donors (Lipinski definition) is 1. The molecule has 2 aliphatic carbocycles. The second-order valence-corrected chi connectivity index (χ2v) is 6.03. The number of hydrogen-bond acceptors (Lipinski definition) is 2. The Labute approximate surface area is 103 Å². The summed E-state index contributed by atoms with van der Waals surface area (Å²) in [6.45, 7) is 1.30.